The van der Waals surface area contributed by atoms with Gasteiger partial charge < -0.3 is 10.1 Å². The number of benzene rings is 2. The molecule has 0 radical (unpaired) electrons. The van der Waals surface area contributed by atoms with Gasteiger partial charge >= 0.3 is 0 Å². The molecule has 0 heterocycles. The van der Waals surface area contributed by atoms with E-state index in [1.165, 1.54) is 0 Å². The first kappa shape index (κ1) is 19.3. The van der Waals surface area contributed by atoms with Gasteiger partial charge in [0.1, 0.15) is 12.4 Å². The molecule has 0 aliphatic rings. The quantitative estimate of drug-likeness (QED) is 0.676. The molecule has 0 aromatic heterocycles. The predicted molar refractivity (Wildman–Crippen MR) is 99.1 cm³/mol. The number of hydrogen-bond donors (Lipinski definition) is 1. The number of nitrogens with one attached hydrogen (secondary N) is 1. The van der Waals surface area contributed by atoms with Crippen LogP contribution in [0.5, 0.6) is 5.75 Å². The zero-order chi connectivity index (χ0) is 15.2. The molecule has 0 saturated heterocycles. The third-order valence-corrected chi connectivity index (χ3v) is 3.93. The molecule has 0 atom stereocenters. The van der Waals surface area contributed by atoms with Crippen LogP contribution in [0.25, 0.3) is 0 Å². The average molecular weight is 405 g/mol. The van der Waals surface area contributed by atoms with Gasteiger partial charge in [0, 0.05) is 33.2 Å². The van der Waals surface area contributed by atoms with Crippen LogP contribution in [0.2, 0.25) is 5.02 Å². The van der Waals surface area contributed by atoms with Gasteiger partial charge in [0.2, 0.25) is 0 Å². The van der Waals surface area contributed by atoms with Crippen molar-refractivity contribution in [2.24, 2.45) is 0 Å². The average Bonchev–Trinajstić information content (AvgIpc) is 2.45. The second kappa shape index (κ2) is 9.41. The Morgan fingerprint density at radius 2 is 1.86 bits per heavy atom. The monoisotopic (exact) mass is 403 g/mol. The van der Waals surface area contributed by atoms with E-state index in [1.807, 2.05) is 36.4 Å². The summed E-state index contributed by atoms with van der Waals surface area (Å²) in [7, 11) is 0. The SMILES string of the molecule is CC(C)NCc1cc(Br)ccc1OCc1ccccc1Cl.Cl. The Morgan fingerprint density at radius 1 is 1.14 bits per heavy atom. The Morgan fingerprint density at radius 3 is 2.55 bits per heavy atom. The number of halogens is 3. The molecule has 2 nitrogen and oxygen atoms in total. The molecule has 22 heavy (non-hydrogen) atoms. The molecule has 120 valence electrons. The molecule has 0 amide bonds. The van der Waals surface area contributed by atoms with Gasteiger partial charge in [-0.05, 0) is 24.3 Å². The first-order chi connectivity index (χ1) is 10.1. The summed E-state index contributed by atoms with van der Waals surface area (Å²) in [5, 5.41) is 4.14. The van der Waals surface area contributed by atoms with Gasteiger partial charge in [-0.3, -0.25) is 0 Å². The lowest BCUT2D eigenvalue weighted by molar-refractivity contribution is 0.302. The molecule has 0 aliphatic heterocycles. The molecule has 2 aromatic rings. The fourth-order valence-electron chi connectivity index (χ4n) is 1.91. The maximum Gasteiger partial charge on any atom is 0.124 e. The Bertz CT molecular complexity index is 605. The summed E-state index contributed by atoms with van der Waals surface area (Å²) in [6.45, 7) is 5.50. The van der Waals surface area contributed by atoms with E-state index in [2.05, 4.69) is 41.2 Å². The molecule has 0 saturated carbocycles. The van der Waals surface area contributed by atoms with Crippen molar-refractivity contribution >= 4 is 39.9 Å². The molecule has 2 rings (SSSR count). The molecule has 2 aromatic carbocycles. The second-order valence-corrected chi connectivity index (χ2v) is 6.49. The zero-order valence-electron chi connectivity index (χ0n) is 12.6. The summed E-state index contributed by atoms with van der Waals surface area (Å²) in [4.78, 5) is 0. The molecular weight excluding hydrogens is 385 g/mol. The van der Waals surface area contributed by atoms with Crippen LogP contribution in [0.15, 0.2) is 46.9 Å². The highest BCUT2D eigenvalue weighted by Gasteiger charge is 2.07. The van der Waals surface area contributed by atoms with E-state index in [0.717, 1.165) is 32.9 Å². The Labute approximate surface area is 151 Å². The summed E-state index contributed by atoms with van der Waals surface area (Å²) >= 11 is 9.66. The number of ether oxygens (including phenoxy) is 1. The lowest BCUT2D eigenvalue weighted by Gasteiger charge is -2.14. The van der Waals surface area contributed by atoms with Gasteiger partial charge in [0.25, 0.3) is 0 Å². The van der Waals surface area contributed by atoms with Crippen LogP contribution in [0, 0.1) is 0 Å². The van der Waals surface area contributed by atoms with Crippen LogP contribution in [0.1, 0.15) is 25.0 Å². The van der Waals surface area contributed by atoms with Crippen molar-refractivity contribution in [3.8, 4) is 5.75 Å². The van der Waals surface area contributed by atoms with E-state index < -0.39 is 0 Å². The highest BCUT2D eigenvalue weighted by Crippen LogP contribution is 2.25. The minimum atomic E-state index is 0. The first-order valence-corrected chi connectivity index (χ1v) is 8.11. The van der Waals surface area contributed by atoms with Crippen LogP contribution in [-0.2, 0) is 13.2 Å². The highest BCUT2D eigenvalue weighted by atomic mass is 79.9. The molecular formula is C17H20BrCl2NO. The number of rotatable bonds is 6. The first-order valence-electron chi connectivity index (χ1n) is 6.94. The molecule has 5 heteroatoms. The van der Waals surface area contributed by atoms with Crippen molar-refractivity contribution in [3.63, 3.8) is 0 Å². The Kier molecular flexibility index (Phi) is 8.26. The molecule has 0 unspecified atom stereocenters. The van der Waals surface area contributed by atoms with Crippen molar-refractivity contribution in [2.45, 2.75) is 33.0 Å². The van der Waals surface area contributed by atoms with Gasteiger partial charge in [-0.25, -0.2) is 0 Å². The third kappa shape index (κ3) is 5.81. The minimum Gasteiger partial charge on any atom is -0.489 e. The van der Waals surface area contributed by atoms with Gasteiger partial charge in [-0.2, -0.15) is 0 Å². The van der Waals surface area contributed by atoms with E-state index in [-0.39, 0.29) is 12.4 Å². The van der Waals surface area contributed by atoms with Crippen molar-refractivity contribution in [2.75, 3.05) is 0 Å². The Hall–Kier alpha value is -0.740. The molecule has 1 N–H and O–H groups in total. The third-order valence-electron chi connectivity index (χ3n) is 3.06. The predicted octanol–water partition coefficient (Wildman–Crippen LogP) is 5.60. The van der Waals surface area contributed by atoms with Crippen LogP contribution in [-0.4, -0.2) is 6.04 Å². The van der Waals surface area contributed by atoms with Crippen molar-refractivity contribution in [1.29, 1.82) is 0 Å². The lowest BCUT2D eigenvalue weighted by Crippen LogP contribution is -2.22. The molecule has 0 spiro atoms. The summed E-state index contributed by atoms with van der Waals surface area (Å²) in [5.74, 6) is 0.881. The topological polar surface area (TPSA) is 21.3 Å². The normalized spacial score (nSPS) is 10.4. The number of hydrogen-bond acceptors (Lipinski definition) is 2. The van der Waals surface area contributed by atoms with Gasteiger partial charge in [0.05, 0.1) is 0 Å². The Balaban J connectivity index is 0.00000242. The summed E-state index contributed by atoms with van der Waals surface area (Å²) in [6, 6.07) is 14.2. The zero-order valence-corrected chi connectivity index (χ0v) is 15.8. The van der Waals surface area contributed by atoms with E-state index >= 15 is 0 Å². The highest BCUT2D eigenvalue weighted by molar-refractivity contribution is 9.10. The van der Waals surface area contributed by atoms with Crippen molar-refractivity contribution < 1.29 is 4.74 Å². The van der Waals surface area contributed by atoms with Crippen molar-refractivity contribution in [1.82, 2.24) is 5.32 Å². The lowest BCUT2D eigenvalue weighted by atomic mass is 10.2. The molecule has 0 bridgehead atoms. The van der Waals surface area contributed by atoms with Crippen molar-refractivity contribution in [3.05, 3.63) is 63.1 Å². The fraction of sp³-hybridized carbons (Fsp3) is 0.294. The smallest absolute Gasteiger partial charge is 0.124 e. The van der Waals surface area contributed by atoms with E-state index in [1.54, 1.807) is 0 Å². The van der Waals surface area contributed by atoms with E-state index in [0.29, 0.717) is 12.6 Å². The maximum absolute atomic E-state index is 6.16. The van der Waals surface area contributed by atoms with Gasteiger partial charge in [0.15, 0.2) is 0 Å². The van der Waals surface area contributed by atoms with Gasteiger partial charge in [-0.1, -0.05) is 59.6 Å². The summed E-state index contributed by atoms with van der Waals surface area (Å²) in [6.07, 6.45) is 0. The summed E-state index contributed by atoms with van der Waals surface area (Å²) < 4.78 is 7.00. The van der Waals surface area contributed by atoms with E-state index in [4.69, 9.17) is 16.3 Å². The van der Waals surface area contributed by atoms with Crippen LogP contribution in [0.3, 0.4) is 0 Å². The van der Waals surface area contributed by atoms with Crippen LogP contribution < -0.4 is 10.1 Å². The maximum atomic E-state index is 6.16. The molecule has 0 fully saturated rings. The largest absolute Gasteiger partial charge is 0.489 e. The molecule has 0 aliphatic carbocycles. The second-order valence-electron chi connectivity index (χ2n) is 5.17. The standard InChI is InChI=1S/C17H19BrClNO.ClH/c1-12(2)20-10-14-9-15(18)7-8-17(14)21-11-13-5-3-4-6-16(13)19;/h3-9,12,20H,10-11H2,1-2H3;1H. The fourth-order valence-corrected chi connectivity index (χ4v) is 2.51. The van der Waals surface area contributed by atoms with Crippen LogP contribution in [0.4, 0.5) is 0 Å². The summed E-state index contributed by atoms with van der Waals surface area (Å²) in [5.41, 5.74) is 2.12. The minimum absolute atomic E-state index is 0. The van der Waals surface area contributed by atoms with E-state index in [9.17, 15) is 0 Å². The van der Waals surface area contributed by atoms with Crippen LogP contribution >= 0.6 is 39.9 Å². The van der Waals surface area contributed by atoms with Gasteiger partial charge in [-0.15, -0.1) is 12.4 Å².